The van der Waals surface area contributed by atoms with E-state index in [1.165, 1.54) is 19.3 Å². The number of carbonyl (C=O) groups is 1. The summed E-state index contributed by atoms with van der Waals surface area (Å²) in [6.45, 7) is 3.52. The summed E-state index contributed by atoms with van der Waals surface area (Å²) in [6.07, 6.45) is 4.80. The largest absolute Gasteiger partial charge is 0.377 e. The summed E-state index contributed by atoms with van der Waals surface area (Å²) in [5, 5.41) is 0. The smallest absolute Gasteiger partial charge is 0.265 e. The minimum absolute atomic E-state index is 0.298. The van der Waals surface area contributed by atoms with E-state index in [0.29, 0.717) is 12.2 Å². The predicted molar refractivity (Wildman–Crippen MR) is 79.6 cm³/mol. The zero-order valence-electron chi connectivity index (χ0n) is 11.2. The van der Waals surface area contributed by atoms with Crippen molar-refractivity contribution < 1.29 is 9.53 Å². The van der Waals surface area contributed by atoms with Gasteiger partial charge < -0.3 is 4.74 Å². The van der Waals surface area contributed by atoms with E-state index in [9.17, 15) is 4.79 Å². The van der Waals surface area contributed by atoms with Gasteiger partial charge in [0.2, 0.25) is 0 Å². The van der Waals surface area contributed by atoms with Crippen molar-refractivity contribution in [2.24, 2.45) is 5.84 Å². The minimum atomic E-state index is -0.298. The molecule has 0 atom stereocenters. The first-order chi connectivity index (χ1) is 9.19. The molecular formula is C14H21BrN2O2. The van der Waals surface area contributed by atoms with Gasteiger partial charge >= 0.3 is 0 Å². The van der Waals surface area contributed by atoms with E-state index in [1.54, 1.807) is 12.1 Å². The van der Waals surface area contributed by atoms with Crippen LogP contribution in [0.25, 0.3) is 0 Å². The highest BCUT2D eigenvalue weighted by Gasteiger charge is 2.07. The van der Waals surface area contributed by atoms with Crippen LogP contribution in [-0.4, -0.2) is 12.5 Å². The molecule has 1 amide bonds. The number of carbonyl (C=O) groups excluding carboxylic acids is 1. The van der Waals surface area contributed by atoms with Crippen LogP contribution >= 0.6 is 15.9 Å². The maximum Gasteiger partial charge on any atom is 0.265 e. The van der Waals surface area contributed by atoms with E-state index < -0.39 is 0 Å². The lowest BCUT2D eigenvalue weighted by molar-refractivity contribution is 0.0953. The number of nitrogen functional groups attached to an aromatic ring is 1. The van der Waals surface area contributed by atoms with Crippen LogP contribution in [0.4, 0.5) is 0 Å². The van der Waals surface area contributed by atoms with E-state index in [0.717, 1.165) is 23.1 Å². The van der Waals surface area contributed by atoms with Gasteiger partial charge in [-0.3, -0.25) is 10.2 Å². The van der Waals surface area contributed by atoms with Gasteiger partial charge in [-0.05, 0) is 24.1 Å². The highest BCUT2D eigenvalue weighted by molar-refractivity contribution is 9.10. The van der Waals surface area contributed by atoms with E-state index in [1.807, 2.05) is 6.07 Å². The molecule has 0 aromatic heterocycles. The van der Waals surface area contributed by atoms with Crippen molar-refractivity contribution in [3.63, 3.8) is 0 Å². The van der Waals surface area contributed by atoms with Gasteiger partial charge in [0.25, 0.3) is 5.91 Å². The number of rotatable bonds is 8. The van der Waals surface area contributed by atoms with Crippen LogP contribution in [0.1, 0.15) is 48.5 Å². The summed E-state index contributed by atoms with van der Waals surface area (Å²) in [7, 11) is 0. The van der Waals surface area contributed by atoms with Gasteiger partial charge in [-0.25, -0.2) is 5.84 Å². The van der Waals surface area contributed by atoms with Crippen molar-refractivity contribution in [3.05, 3.63) is 33.8 Å². The molecule has 0 fully saturated rings. The zero-order valence-corrected chi connectivity index (χ0v) is 12.8. The molecule has 5 heteroatoms. The second-order valence-corrected chi connectivity index (χ2v) is 5.25. The Kier molecular flexibility index (Phi) is 7.70. The monoisotopic (exact) mass is 328 g/mol. The molecule has 3 N–H and O–H groups in total. The van der Waals surface area contributed by atoms with Crippen molar-refractivity contribution in [3.8, 4) is 0 Å². The molecule has 1 rings (SSSR count). The first-order valence-corrected chi connectivity index (χ1v) is 7.35. The molecule has 0 aliphatic carbocycles. The fourth-order valence-electron chi connectivity index (χ4n) is 1.70. The number of unbranched alkanes of at least 4 members (excludes halogenated alkanes) is 3. The quantitative estimate of drug-likeness (QED) is 0.333. The highest BCUT2D eigenvalue weighted by Crippen LogP contribution is 2.19. The minimum Gasteiger partial charge on any atom is -0.377 e. The van der Waals surface area contributed by atoms with Crippen LogP contribution in [0.5, 0.6) is 0 Å². The van der Waals surface area contributed by atoms with Crippen molar-refractivity contribution in [1.82, 2.24) is 5.43 Å². The summed E-state index contributed by atoms with van der Waals surface area (Å²) in [4.78, 5) is 11.3. The van der Waals surface area contributed by atoms with E-state index in [4.69, 9.17) is 10.6 Å². The summed E-state index contributed by atoms with van der Waals surface area (Å²) in [6, 6.07) is 5.36. The lowest BCUT2D eigenvalue weighted by Crippen LogP contribution is -2.29. The number of amides is 1. The lowest BCUT2D eigenvalue weighted by atomic mass is 10.1. The molecule has 106 valence electrons. The van der Waals surface area contributed by atoms with Gasteiger partial charge in [-0.2, -0.15) is 0 Å². The number of hydrazine groups is 1. The average molecular weight is 329 g/mol. The summed E-state index contributed by atoms with van der Waals surface area (Å²) in [5.74, 6) is 4.79. The van der Waals surface area contributed by atoms with Crippen LogP contribution in [0.2, 0.25) is 0 Å². The third-order valence-corrected chi connectivity index (χ3v) is 3.58. The summed E-state index contributed by atoms with van der Waals surface area (Å²) >= 11 is 3.44. The van der Waals surface area contributed by atoms with E-state index in [2.05, 4.69) is 28.3 Å². The molecule has 0 aliphatic rings. The van der Waals surface area contributed by atoms with Gasteiger partial charge in [0.15, 0.2) is 0 Å². The molecule has 4 nitrogen and oxygen atoms in total. The number of ether oxygens (including phenoxy) is 1. The molecular weight excluding hydrogens is 308 g/mol. The van der Waals surface area contributed by atoms with Crippen LogP contribution in [0.15, 0.2) is 22.7 Å². The van der Waals surface area contributed by atoms with Crippen molar-refractivity contribution >= 4 is 21.8 Å². The number of nitrogens with two attached hydrogens (primary N) is 1. The molecule has 0 spiro atoms. The standard InChI is InChI=1S/C14H21BrN2O2/c1-2-3-4-5-8-19-10-12-7-6-11(9-13(12)15)14(18)17-16/h6-7,9H,2-5,8,10,16H2,1H3,(H,17,18). The third-order valence-electron chi connectivity index (χ3n) is 2.85. The number of halogens is 1. The molecule has 0 aliphatic heterocycles. The summed E-state index contributed by atoms with van der Waals surface area (Å²) < 4.78 is 6.48. The third kappa shape index (κ3) is 5.72. The number of hydrogen-bond donors (Lipinski definition) is 2. The van der Waals surface area contributed by atoms with Crippen molar-refractivity contribution in [2.45, 2.75) is 39.2 Å². The Hall–Kier alpha value is -0.910. The Morgan fingerprint density at radius 3 is 2.79 bits per heavy atom. The second kappa shape index (κ2) is 9.07. The summed E-state index contributed by atoms with van der Waals surface area (Å²) in [5.41, 5.74) is 3.67. The maximum absolute atomic E-state index is 11.3. The Morgan fingerprint density at radius 2 is 2.16 bits per heavy atom. The van der Waals surface area contributed by atoms with Crippen LogP contribution in [0, 0.1) is 0 Å². The molecule has 0 saturated carbocycles. The molecule has 0 heterocycles. The SMILES string of the molecule is CCCCCCOCc1ccc(C(=O)NN)cc1Br. The lowest BCUT2D eigenvalue weighted by Gasteiger charge is -2.08. The Bertz CT molecular complexity index is 410. The van der Waals surface area contributed by atoms with Gasteiger partial charge in [-0.1, -0.05) is 48.2 Å². The normalized spacial score (nSPS) is 10.5. The number of benzene rings is 1. The Labute approximate surface area is 122 Å². The number of hydrogen-bond acceptors (Lipinski definition) is 3. The van der Waals surface area contributed by atoms with Gasteiger partial charge in [-0.15, -0.1) is 0 Å². The van der Waals surface area contributed by atoms with Gasteiger partial charge in [0.1, 0.15) is 0 Å². The molecule has 1 aromatic carbocycles. The second-order valence-electron chi connectivity index (χ2n) is 4.39. The van der Waals surface area contributed by atoms with Crippen LogP contribution in [-0.2, 0) is 11.3 Å². The average Bonchev–Trinajstić information content (AvgIpc) is 2.43. The molecule has 0 saturated heterocycles. The van der Waals surface area contributed by atoms with Crippen LogP contribution in [0.3, 0.4) is 0 Å². The van der Waals surface area contributed by atoms with E-state index >= 15 is 0 Å². The number of nitrogens with one attached hydrogen (secondary N) is 1. The molecule has 1 aromatic rings. The molecule has 0 unspecified atom stereocenters. The van der Waals surface area contributed by atoms with Crippen molar-refractivity contribution in [1.29, 1.82) is 0 Å². The Balaban J connectivity index is 2.40. The van der Waals surface area contributed by atoms with E-state index in [-0.39, 0.29) is 5.91 Å². The van der Waals surface area contributed by atoms with Crippen molar-refractivity contribution in [2.75, 3.05) is 6.61 Å². The molecule has 19 heavy (non-hydrogen) atoms. The first-order valence-electron chi connectivity index (χ1n) is 6.56. The predicted octanol–water partition coefficient (Wildman–Crippen LogP) is 3.15. The van der Waals surface area contributed by atoms with Gasteiger partial charge in [0, 0.05) is 16.6 Å². The molecule has 0 radical (unpaired) electrons. The fraction of sp³-hybridized carbons (Fsp3) is 0.500. The highest BCUT2D eigenvalue weighted by atomic mass is 79.9. The van der Waals surface area contributed by atoms with Gasteiger partial charge in [0.05, 0.1) is 6.61 Å². The fourth-order valence-corrected chi connectivity index (χ4v) is 2.20. The molecule has 0 bridgehead atoms. The zero-order chi connectivity index (χ0) is 14.1. The van der Waals surface area contributed by atoms with Crippen LogP contribution < -0.4 is 11.3 Å². The maximum atomic E-state index is 11.3. The first kappa shape index (κ1) is 16.1. The Morgan fingerprint density at radius 1 is 1.37 bits per heavy atom. The topological polar surface area (TPSA) is 64.3 Å².